The second kappa shape index (κ2) is 9.30. The molecule has 0 amide bonds. The lowest BCUT2D eigenvalue weighted by Gasteiger charge is -2.38. The van der Waals surface area contributed by atoms with Crippen LogP contribution in [0.4, 0.5) is 0 Å². The van der Waals surface area contributed by atoms with Gasteiger partial charge in [0, 0.05) is 35.2 Å². The molecule has 31 heavy (non-hydrogen) atoms. The van der Waals surface area contributed by atoms with Gasteiger partial charge in [0.1, 0.15) is 5.84 Å². The van der Waals surface area contributed by atoms with Crippen molar-refractivity contribution in [2.24, 2.45) is 5.92 Å². The summed E-state index contributed by atoms with van der Waals surface area (Å²) >= 11 is 3.74. The summed E-state index contributed by atoms with van der Waals surface area (Å²) in [6, 6.07) is 15.7. The Morgan fingerprint density at radius 3 is 2.55 bits per heavy atom. The van der Waals surface area contributed by atoms with Crippen LogP contribution in [-0.4, -0.2) is 31.0 Å². The molecule has 1 aliphatic heterocycles. The number of nitrogens with zero attached hydrogens (tertiary/aromatic N) is 1. The lowest BCUT2D eigenvalue weighted by molar-refractivity contribution is 0.183. The van der Waals surface area contributed by atoms with Crippen molar-refractivity contribution in [2.45, 2.75) is 50.9 Å². The van der Waals surface area contributed by atoms with Crippen molar-refractivity contribution in [3.05, 3.63) is 81.5 Å². The Labute approximate surface area is 195 Å². The highest BCUT2D eigenvalue weighted by atomic mass is 79.9. The maximum atomic E-state index is 9.10. The van der Waals surface area contributed by atoms with E-state index < -0.39 is 0 Å². The average Bonchev–Trinajstić information content (AvgIpc) is 2.98. The van der Waals surface area contributed by atoms with Crippen molar-refractivity contribution < 1.29 is 4.74 Å². The van der Waals surface area contributed by atoms with Crippen LogP contribution in [0, 0.1) is 11.3 Å². The van der Waals surface area contributed by atoms with E-state index in [1.54, 1.807) is 7.11 Å². The van der Waals surface area contributed by atoms with Crippen molar-refractivity contribution in [3.8, 4) is 0 Å². The number of hydrogen-bond acceptors (Lipinski definition) is 2. The van der Waals surface area contributed by atoms with Crippen LogP contribution in [0.15, 0.2) is 59.2 Å². The Hall–Kier alpha value is -1.91. The Morgan fingerprint density at radius 2 is 1.84 bits per heavy atom. The van der Waals surface area contributed by atoms with E-state index in [0.29, 0.717) is 19.0 Å². The minimum Gasteiger partial charge on any atom is -0.383 e. The first-order valence-electron chi connectivity index (χ1n) is 11.4. The van der Waals surface area contributed by atoms with E-state index in [1.165, 1.54) is 22.3 Å². The van der Waals surface area contributed by atoms with Gasteiger partial charge in [0.15, 0.2) is 0 Å². The summed E-state index contributed by atoms with van der Waals surface area (Å²) in [5.74, 6) is 0.817. The minimum absolute atomic E-state index is 0.122. The Balaban J connectivity index is 1.89. The highest BCUT2D eigenvalue weighted by Crippen LogP contribution is 2.53. The third kappa shape index (κ3) is 3.89. The van der Waals surface area contributed by atoms with Crippen LogP contribution >= 0.6 is 15.9 Å². The van der Waals surface area contributed by atoms with Crippen LogP contribution in [0.25, 0.3) is 0 Å². The maximum absolute atomic E-state index is 9.10. The monoisotopic (exact) mass is 480 g/mol. The van der Waals surface area contributed by atoms with Gasteiger partial charge in [-0.15, -0.1) is 0 Å². The van der Waals surface area contributed by atoms with E-state index in [1.807, 2.05) is 0 Å². The zero-order valence-corrected chi connectivity index (χ0v) is 20.3. The van der Waals surface area contributed by atoms with Gasteiger partial charge < -0.3 is 9.64 Å². The van der Waals surface area contributed by atoms with Crippen LogP contribution < -0.4 is 0 Å². The quantitative estimate of drug-likeness (QED) is 0.558. The summed E-state index contributed by atoms with van der Waals surface area (Å²) in [6.07, 6.45) is 6.20. The summed E-state index contributed by atoms with van der Waals surface area (Å²) in [4.78, 5) is 2.13. The fraction of sp³-hybridized carbons (Fsp3) is 0.444. The Morgan fingerprint density at radius 1 is 1.13 bits per heavy atom. The van der Waals surface area contributed by atoms with Gasteiger partial charge in [0.25, 0.3) is 0 Å². The highest BCUT2D eigenvalue weighted by molar-refractivity contribution is 9.10. The zero-order chi connectivity index (χ0) is 22.0. The van der Waals surface area contributed by atoms with E-state index in [9.17, 15) is 0 Å². The molecule has 1 aliphatic carbocycles. The molecule has 1 spiro atoms. The molecule has 0 radical (unpaired) electrons. The maximum Gasteiger partial charge on any atom is 0.105 e. The largest absolute Gasteiger partial charge is 0.383 e. The summed E-state index contributed by atoms with van der Waals surface area (Å²) in [5.41, 5.74) is 6.50. The van der Waals surface area contributed by atoms with Crippen molar-refractivity contribution in [2.75, 3.05) is 20.3 Å². The second-order valence-corrected chi connectivity index (χ2v) is 9.75. The van der Waals surface area contributed by atoms with Crippen molar-refractivity contribution in [3.63, 3.8) is 0 Å². The molecule has 1 N–H and O–H groups in total. The first kappa shape index (κ1) is 22.3. The molecule has 2 unspecified atom stereocenters. The molecule has 1 saturated heterocycles. The van der Waals surface area contributed by atoms with E-state index >= 15 is 0 Å². The molecule has 2 aromatic carbocycles. The zero-order valence-electron chi connectivity index (χ0n) is 18.7. The highest BCUT2D eigenvalue weighted by Gasteiger charge is 2.53. The number of benzene rings is 2. The SMILES string of the molecule is C=C1N(CCOC)C(=N)C(CC)C12CCc1ccccc1CCCc1ccc(Br)cc12. The van der Waals surface area contributed by atoms with Gasteiger partial charge in [0.2, 0.25) is 0 Å². The number of amidine groups is 1. The number of methoxy groups -OCH3 is 1. The molecular weight excluding hydrogens is 448 g/mol. The molecule has 4 heteroatoms. The van der Waals surface area contributed by atoms with Crippen molar-refractivity contribution in [1.29, 1.82) is 5.41 Å². The van der Waals surface area contributed by atoms with E-state index in [4.69, 9.17) is 10.1 Å². The number of nitrogens with one attached hydrogen (secondary N) is 1. The molecule has 1 heterocycles. The number of likely N-dealkylation sites (tertiary alicyclic amines) is 1. The van der Waals surface area contributed by atoms with Gasteiger partial charge in [-0.1, -0.05) is 59.8 Å². The number of aryl methyl sites for hydroxylation is 3. The molecule has 0 bridgehead atoms. The van der Waals surface area contributed by atoms with Crippen LogP contribution in [0.3, 0.4) is 0 Å². The van der Waals surface area contributed by atoms with Gasteiger partial charge in [0.05, 0.1) is 6.61 Å². The van der Waals surface area contributed by atoms with E-state index in [-0.39, 0.29) is 11.3 Å². The Kier molecular flexibility index (Phi) is 6.68. The number of allylic oxidation sites excluding steroid dienone is 1. The van der Waals surface area contributed by atoms with Gasteiger partial charge >= 0.3 is 0 Å². The molecule has 1 fully saturated rings. The smallest absolute Gasteiger partial charge is 0.105 e. The standard InChI is InChI=1S/C27H33BrN2O/c1-4-24-26(29)30(16-17-31-3)19(2)27(24)15-14-21-9-6-5-8-20(21)10-7-11-22-12-13-23(28)18-25(22)27/h5-6,8-9,12-13,18,24,29H,2,4,7,10-11,14-17H2,1,3H3. The number of ether oxygens (including phenoxy) is 1. The number of rotatable bonds is 4. The molecule has 164 valence electrons. The normalized spacial score (nSPS) is 23.7. The van der Waals surface area contributed by atoms with Crippen LogP contribution in [0.2, 0.25) is 0 Å². The molecule has 3 nitrogen and oxygen atoms in total. The van der Waals surface area contributed by atoms with Crippen molar-refractivity contribution in [1.82, 2.24) is 4.90 Å². The van der Waals surface area contributed by atoms with Crippen LogP contribution in [-0.2, 0) is 29.4 Å². The molecule has 2 atom stereocenters. The van der Waals surface area contributed by atoms with Crippen LogP contribution in [0.5, 0.6) is 0 Å². The topological polar surface area (TPSA) is 36.3 Å². The van der Waals surface area contributed by atoms with E-state index in [2.05, 4.69) is 76.8 Å². The molecule has 0 saturated carbocycles. The molecule has 4 rings (SSSR count). The van der Waals surface area contributed by atoms with Gasteiger partial charge in [-0.3, -0.25) is 5.41 Å². The van der Waals surface area contributed by atoms with E-state index in [0.717, 1.165) is 48.7 Å². The second-order valence-electron chi connectivity index (χ2n) is 8.83. The van der Waals surface area contributed by atoms with Crippen LogP contribution in [0.1, 0.15) is 48.4 Å². The number of hydrogen-bond donors (Lipinski definition) is 1. The third-order valence-electron chi connectivity index (χ3n) is 7.34. The predicted octanol–water partition coefficient (Wildman–Crippen LogP) is 6.29. The third-order valence-corrected chi connectivity index (χ3v) is 7.83. The molecule has 0 aromatic heterocycles. The minimum atomic E-state index is -0.261. The lowest BCUT2D eigenvalue weighted by Crippen LogP contribution is -2.36. The number of fused-ring (bicyclic) bond motifs is 3. The van der Waals surface area contributed by atoms with Gasteiger partial charge in [-0.25, -0.2) is 0 Å². The summed E-state index contributed by atoms with van der Waals surface area (Å²) in [7, 11) is 1.72. The average molecular weight is 481 g/mol. The predicted molar refractivity (Wildman–Crippen MR) is 132 cm³/mol. The van der Waals surface area contributed by atoms with Crippen molar-refractivity contribution >= 4 is 21.8 Å². The molecule has 2 aliphatic rings. The van der Waals surface area contributed by atoms with Gasteiger partial charge in [-0.05, 0) is 72.9 Å². The fourth-order valence-electron chi connectivity index (χ4n) is 5.81. The summed E-state index contributed by atoms with van der Waals surface area (Å²) in [6.45, 7) is 8.15. The Bertz CT molecular complexity index is 985. The first-order valence-corrected chi connectivity index (χ1v) is 12.2. The number of halogens is 1. The molecule has 2 aromatic rings. The lowest BCUT2D eigenvalue weighted by atomic mass is 9.64. The fourth-order valence-corrected chi connectivity index (χ4v) is 6.17. The molecular formula is C27H33BrN2O. The first-order chi connectivity index (χ1) is 15.0. The summed E-state index contributed by atoms with van der Waals surface area (Å²) < 4.78 is 6.48. The van der Waals surface area contributed by atoms with Gasteiger partial charge in [-0.2, -0.15) is 0 Å². The summed E-state index contributed by atoms with van der Waals surface area (Å²) in [5, 5.41) is 9.10.